The molecule has 1 N–H and O–H groups in total. The van der Waals surface area contributed by atoms with E-state index in [1.807, 2.05) is 6.92 Å². The molecule has 0 spiro atoms. The summed E-state index contributed by atoms with van der Waals surface area (Å²) in [5.41, 5.74) is 4.03. The molecule has 112 valence electrons. The third-order valence-corrected chi connectivity index (χ3v) is 4.12. The van der Waals surface area contributed by atoms with Gasteiger partial charge in [-0.1, -0.05) is 18.2 Å². The predicted octanol–water partition coefficient (Wildman–Crippen LogP) is 2.87. The number of aromatic amines is 1. The number of esters is 1. The number of nitrogens with zero attached hydrogens (tertiary/aromatic N) is 1. The van der Waals surface area contributed by atoms with Crippen LogP contribution in [0.2, 0.25) is 0 Å². The third-order valence-electron chi connectivity index (χ3n) is 4.12. The van der Waals surface area contributed by atoms with Crippen molar-refractivity contribution in [2.45, 2.75) is 32.7 Å². The molecule has 0 radical (unpaired) electrons. The van der Waals surface area contributed by atoms with Crippen molar-refractivity contribution in [3.05, 3.63) is 35.5 Å². The molecule has 1 aliphatic heterocycles. The van der Waals surface area contributed by atoms with Gasteiger partial charge in [-0.2, -0.15) is 0 Å². The molecule has 4 heteroatoms. The fraction of sp³-hybridized carbons (Fsp3) is 0.471. The molecule has 3 rings (SSSR count). The topological polar surface area (TPSA) is 45.3 Å². The Labute approximate surface area is 125 Å². The van der Waals surface area contributed by atoms with E-state index in [2.05, 4.69) is 34.1 Å². The minimum atomic E-state index is -0.0826. The Hall–Kier alpha value is -1.81. The molecule has 21 heavy (non-hydrogen) atoms. The van der Waals surface area contributed by atoms with Gasteiger partial charge in [-0.05, 0) is 37.9 Å². The van der Waals surface area contributed by atoms with E-state index in [9.17, 15) is 4.79 Å². The van der Waals surface area contributed by atoms with Crippen LogP contribution in [0.4, 0.5) is 0 Å². The summed E-state index contributed by atoms with van der Waals surface area (Å²) >= 11 is 0. The first kappa shape index (κ1) is 14.1. The number of carbonyl (C=O) groups excluding carboxylic acids is 1. The second kappa shape index (κ2) is 6.31. The highest BCUT2D eigenvalue weighted by Crippen LogP contribution is 2.27. The summed E-state index contributed by atoms with van der Waals surface area (Å²) in [5, 5.41) is 1.36. The highest BCUT2D eigenvalue weighted by atomic mass is 16.5. The smallest absolute Gasteiger partial charge is 0.305 e. The fourth-order valence-corrected chi connectivity index (χ4v) is 3.12. The van der Waals surface area contributed by atoms with Gasteiger partial charge in [-0.15, -0.1) is 0 Å². The van der Waals surface area contributed by atoms with Crippen LogP contribution < -0.4 is 0 Å². The molecule has 1 aromatic carbocycles. The standard InChI is InChI=1S/C17H22N2O2/c1-2-21-17(20)8-5-10-19-11-9-14-13-6-3-4-7-15(13)18-16(14)12-19/h3-4,6-7,18H,2,5,8-12H2,1H3. The molecule has 0 fully saturated rings. The van der Waals surface area contributed by atoms with Gasteiger partial charge >= 0.3 is 5.97 Å². The molecule has 1 aliphatic rings. The lowest BCUT2D eigenvalue weighted by molar-refractivity contribution is -0.143. The van der Waals surface area contributed by atoms with Crippen LogP contribution in [0.15, 0.2) is 24.3 Å². The molecule has 0 saturated heterocycles. The summed E-state index contributed by atoms with van der Waals surface area (Å²) in [6.45, 7) is 5.29. The van der Waals surface area contributed by atoms with Crippen molar-refractivity contribution < 1.29 is 9.53 Å². The molecule has 2 heterocycles. The third kappa shape index (κ3) is 3.10. The summed E-state index contributed by atoms with van der Waals surface area (Å²) in [5.74, 6) is -0.0826. The minimum absolute atomic E-state index is 0.0826. The van der Waals surface area contributed by atoms with Crippen LogP contribution in [0.5, 0.6) is 0 Å². The Kier molecular flexibility index (Phi) is 4.25. The van der Waals surface area contributed by atoms with Gasteiger partial charge in [0, 0.05) is 36.1 Å². The largest absolute Gasteiger partial charge is 0.466 e. The zero-order valence-electron chi connectivity index (χ0n) is 12.5. The first-order chi connectivity index (χ1) is 10.3. The van der Waals surface area contributed by atoms with E-state index in [0.717, 1.165) is 32.5 Å². The van der Waals surface area contributed by atoms with Crippen molar-refractivity contribution in [2.24, 2.45) is 0 Å². The van der Waals surface area contributed by atoms with Gasteiger partial charge in [-0.3, -0.25) is 9.69 Å². The first-order valence-electron chi connectivity index (χ1n) is 7.74. The number of ether oxygens (including phenoxy) is 1. The molecular formula is C17H22N2O2. The van der Waals surface area contributed by atoms with Gasteiger partial charge in [0.2, 0.25) is 0 Å². The van der Waals surface area contributed by atoms with Crippen molar-refractivity contribution in [3.8, 4) is 0 Å². The van der Waals surface area contributed by atoms with Crippen LogP contribution >= 0.6 is 0 Å². The quantitative estimate of drug-likeness (QED) is 0.860. The van der Waals surface area contributed by atoms with E-state index in [1.54, 1.807) is 0 Å². The van der Waals surface area contributed by atoms with Gasteiger partial charge in [0.05, 0.1) is 6.61 Å². The maximum Gasteiger partial charge on any atom is 0.305 e. The van der Waals surface area contributed by atoms with Crippen LogP contribution in [-0.2, 0) is 22.5 Å². The van der Waals surface area contributed by atoms with Gasteiger partial charge < -0.3 is 9.72 Å². The minimum Gasteiger partial charge on any atom is -0.466 e. The summed E-state index contributed by atoms with van der Waals surface area (Å²) in [4.78, 5) is 17.3. The fourth-order valence-electron chi connectivity index (χ4n) is 3.12. The zero-order valence-corrected chi connectivity index (χ0v) is 12.5. The van der Waals surface area contributed by atoms with Gasteiger partial charge in [0.1, 0.15) is 0 Å². The second-order valence-corrected chi connectivity index (χ2v) is 5.56. The van der Waals surface area contributed by atoms with E-state index in [-0.39, 0.29) is 5.97 Å². The molecule has 0 amide bonds. The SMILES string of the molecule is CCOC(=O)CCCN1CCc2c([nH]c3ccccc23)C1. The second-order valence-electron chi connectivity index (χ2n) is 5.56. The van der Waals surface area contributed by atoms with Crippen LogP contribution in [0.25, 0.3) is 10.9 Å². The Morgan fingerprint density at radius 1 is 1.38 bits per heavy atom. The number of carbonyl (C=O) groups is 1. The number of aromatic nitrogens is 1. The van der Waals surface area contributed by atoms with Crippen molar-refractivity contribution in [2.75, 3.05) is 19.7 Å². The zero-order chi connectivity index (χ0) is 14.7. The highest BCUT2D eigenvalue weighted by molar-refractivity contribution is 5.84. The molecule has 1 aromatic heterocycles. The lowest BCUT2D eigenvalue weighted by Crippen LogP contribution is -2.31. The van der Waals surface area contributed by atoms with Crippen molar-refractivity contribution in [3.63, 3.8) is 0 Å². The Morgan fingerprint density at radius 3 is 3.10 bits per heavy atom. The van der Waals surface area contributed by atoms with Crippen molar-refractivity contribution in [1.29, 1.82) is 0 Å². The number of rotatable bonds is 5. The lowest BCUT2D eigenvalue weighted by Gasteiger charge is -2.26. The number of nitrogens with one attached hydrogen (secondary N) is 1. The monoisotopic (exact) mass is 286 g/mol. The Bertz CT molecular complexity index is 633. The number of hydrogen-bond donors (Lipinski definition) is 1. The molecule has 0 saturated carbocycles. The number of para-hydroxylation sites is 1. The van der Waals surface area contributed by atoms with Crippen LogP contribution in [0.3, 0.4) is 0 Å². The highest BCUT2D eigenvalue weighted by Gasteiger charge is 2.20. The normalized spacial score (nSPS) is 15.1. The summed E-state index contributed by atoms with van der Waals surface area (Å²) in [6.07, 6.45) is 2.47. The van der Waals surface area contributed by atoms with Gasteiger partial charge in [0.15, 0.2) is 0 Å². The molecule has 0 unspecified atom stereocenters. The van der Waals surface area contributed by atoms with Gasteiger partial charge in [-0.25, -0.2) is 0 Å². The van der Waals surface area contributed by atoms with Crippen molar-refractivity contribution >= 4 is 16.9 Å². The summed E-state index contributed by atoms with van der Waals surface area (Å²) in [6, 6.07) is 8.50. The predicted molar refractivity (Wildman–Crippen MR) is 83.1 cm³/mol. The molecule has 0 aliphatic carbocycles. The van der Waals surface area contributed by atoms with Crippen molar-refractivity contribution in [1.82, 2.24) is 9.88 Å². The van der Waals surface area contributed by atoms with Crippen LogP contribution in [-0.4, -0.2) is 35.5 Å². The van der Waals surface area contributed by atoms with Gasteiger partial charge in [0.25, 0.3) is 0 Å². The molecule has 0 bridgehead atoms. The molecule has 0 atom stereocenters. The van der Waals surface area contributed by atoms with E-state index < -0.39 is 0 Å². The first-order valence-corrected chi connectivity index (χ1v) is 7.74. The van der Waals surface area contributed by atoms with E-state index in [1.165, 1.54) is 22.2 Å². The Morgan fingerprint density at radius 2 is 2.24 bits per heavy atom. The van der Waals surface area contributed by atoms with Crippen LogP contribution in [0.1, 0.15) is 31.0 Å². The summed E-state index contributed by atoms with van der Waals surface area (Å²) < 4.78 is 4.96. The average Bonchev–Trinajstić information content (AvgIpc) is 2.85. The number of fused-ring (bicyclic) bond motifs is 3. The molecule has 4 nitrogen and oxygen atoms in total. The van der Waals surface area contributed by atoms with E-state index in [4.69, 9.17) is 4.74 Å². The summed E-state index contributed by atoms with van der Waals surface area (Å²) in [7, 11) is 0. The number of benzene rings is 1. The Balaban J connectivity index is 1.59. The molecule has 2 aromatic rings. The maximum absolute atomic E-state index is 11.4. The number of H-pyrrole nitrogens is 1. The van der Waals surface area contributed by atoms with E-state index in [0.29, 0.717) is 13.0 Å². The number of hydrogen-bond acceptors (Lipinski definition) is 3. The molecular weight excluding hydrogens is 264 g/mol. The van der Waals surface area contributed by atoms with Crippen LogP contribution in [0, 0.1) is 0 Å². The van der Waals surface area contributed by atoms with E-state index >= 15 is 0 Å². The lowest BCUT2D eigenvalue weighted by atomic mass is 10.0. The average molecular weight is 286 g/mol. The maximum atomic E-state index is 11.4.